The molecule has 0 bridgehead atoms. The molecular formula is C13H9ClFNO4. The topological polar surface area (TPSA) is 96.3 Å². The number of hydrogen-bond acceptors (Lipinski definition) is 4. The number of halogens is 2. The van der Waals surface area contributed by atoms with E-state index in [9.17, 15) is 4.39 Å². The monoisotopic (exact) mass is 297 g/mol. The summed E-state index contributed by atoms with van der Waals surface area (Å²) >= 11 is 0. The van der Waals surface area contributed by atoms with Crippen LogP contribution in [0.3, 0.4) is 0 Å². The Morgan fingerprint density at radius 2 is 1.60 bits per heavy atom. The molecule has 0 radical (unpaired) electrons. The summed E-state index contributed by atoms with van der Waals surface area (Å²) in [6, 6.07) is 12.8. The number of hydrogen-bond donors (Lipinski definition) is 0. The highest BCUT2D eigenvalue weighted by Crippen LogP contribution is 2.14. The van der Waals surface area contributed by atoms with Crippen molar-refractivity contribution in [1.29, 1.82) is 0 Å². The maximum Gasteiger partial charge on any atom is 0.211 e. The standard InChI is InChI=1S/C13H9FN.ClHO4/c14-12-5-4-10-9-15-6-2-1-3-13(15)8-11(10)7-12;2-1(3,4)5/h1-9H;(H,2,3,4,5)/q+1;/p-1. The molecule has 0 N–H and O–H groups in total. The largest absolute Gasteiger partial charge is 0.222 e. The van der Waals surface area contributed by atoms with Crippen LogP contribution in [-0.4, -0.2) is 0 Å². The summed E-state index contributed by atoms with van der Waals surface area (Å²) in [5.74, 6) is -0.192. The molecule has 0 unspecified atom stereocenters. The van der Waals surface area contributed by atoms with Gasteiger partial charge in [0.25, 0.3) is 0 Å². The Labute approximate surface area is 115 Å². The summed E-state index contributed by atoms with van der Waals surface area (Å²) in [6.07, 6.45) is 3.99. The molecule has 2 aromatic heterocycles. The Morgan fingerprint density at radius 3 is 2.30 bits per heavy atom. The van der Waals surface area contributed by atoms with E-state index in [-0.39, 0.29) is 5.82 Å². The molecule has 0 spiro atoms. The highest BCUT2D eigenvalue weighted by Gasteiger charge is 2.04. The quantitative estimate of drug-likeness (QED) is 0.353. The van der Waals surface area contributed by atoms with Crippen LogP contribution in [0.5, 0.6) is 0 Å². The molecule has 0 aliphatic rings. The number of rotatable bonds is 0. The van der Waals surface area contributed by atoms with E-state index in [0.29, 0.717) is 0 Å². The van der Waals surface area contributed by atoms with Gasteiger partial charge in [-0.15, -0.1) is 10.2 Å². The molecule has 104 valence electrons. The van der Waals surface area contributed by atoms with Gasteiger partial charge in [0.15, 0.2) is 12.4 Å². The molecule has 0 aliphatic carbocycles. The minimum Gasteiger partial charge on any atom is -0.222 e. The van der Waals surface area contributed by atoms with Gasteiger partial charge in [0, 0.05) is 23.6 Å². The Kier molecular flexibility index (Phi) is 4.12. The molecule has 0 aliphatic heterocycles. The van der Waals surface area contributed by atoms with Gasteiger partial charge in [0.2, 0.25) is 5.52 Å². The fourth-order valence-corrected chi connectivity index (χ4v) is 1.81. The SMILES string of the molecule is Fc1ccc2c[n+]3ccccc3cc2c1.[O-][Cl+3]([O-])([O-])[O-]. The van der Waals surface area contributed by atoms with Crippen LogP contribution >= 0.6 is 0 Å². The van der Waals surface area contributed by atoms with Crippen LogP contribution in [0, 0.1) is 16.1 Å². The van der Waals surface area contributed by atoms with Crippen molar-refractivity contribution in [3.63, 3.8) is 0 Å². The normalized spacial score (nSPS) is 11.2. The summed E-state index contributed by atoms with van der Waals surface area (Å²) < 4.78 is 49.0. The Morgan fingerprint density at radius 1 is 0.900 bits per heavy atom. The van der Waals surface area contributed by atoms with Crippen LogP contribution in [0.4, 0.5) is 4.39 Å². The first-order valence-corrected chi connectivity index (χ1v) is 6.67. The van der Waals surface area contributed by atoms with Crippen molar-refractivity contribution in [2.45, 2.75) is 0 Å². The third-order valence-electron chi connectivity index (χ3n) is 2.55. The predicted octanol–water partition coefficient (Wildman–Crippen LogP) is -2.04. The van der Waals surface area contributed by atoms with Crippen LogP contribution in [-0.2, 0) is 0 Å². The molecule has 20 heavy (non-hydrogen) atoms. The van der Waals surface area contributed by atoms with Gasteiger partial charge in [-0.05, 0) is 29.7 Å². The van der Waals surface area contributed by atoms with Gasteiger partial charge in [-0.3, -0.25) is 0 Å². The van der Waals surface area contributed by atoms with Gasteiger partial charge in [-0.2, -0.15) is 4.40 Å². The van der Waals surface area contributed by atoms with Crippen LogP contribution in [0.1, 0.15) is 0 Å². The van der Waals surface area contributed by atoms with Gasteiger partial charge >= 0.3 is 0 Å². The number of pyridine rings is 2. The Hall–Kier alpha value is -1.83. The van der Waals surface area contributed by atoms with E-state index in [1.807, 2.05) is 41.1 Å². The van der Waals surface area contributed by atoms with E-state index in [4.69, 9.17) is 18.6 Å². The molecule has 0 amide bonds. The van der Waals surface area contributed by atoms with Crippen LogP contribution in [0.25, 0.3) is 16.3 Å². The van der Waals surface area contributed by atoms with Crippen molar-refractivity contribution in [2.24, 2.45) is 0 Å². The van der Waals surface area contributed by atoms with Gasteiger partial charge in [-0.25, -0.2) is 23.0 Å². The van der Waals surface area contributed by atoms with Crippen molar-refractivity contribution in [2.75, 3.05) is 0 Å². The zero-order valence-electron chi connectivity index (χ0n) is 10.0. The van der Waals surface area contributed by atoms with Gasteiger partial charge < -0.3 is 0 Å². The smallest absolute Gasteiger partial charge is 0.211 e. The summed E-state index contributed by atoms with van der Waals surface area (Å²) in [5.41, 5.74) is 1.07. The van der Waals surface area contributed by atoms with E-state index in [2.05, 4.69) is 0 Å². The van der Waals surface area contributed by atoms with E-state index < -0.39 is 10.2 Å². The molecule has 0 saturated heterocycles. The molecule has 0 fully saturated rings. The fourth-order valence-electron chi connectivity index (χ4n) is 1.81. The van der Waals surface area contributed by atoms with E-state index >= 15 is 0 Å². The molecular weight excluding hydrogens is 289 g/mol. The maximum atomic E-state index is 13.0. The number of benzene rings is 1. The molecule has 3 rings (SSSR count). The molecule has 0 saturated carbocycles. The fraction of sp³-hybridized carbons (Fsp3) is 0. The first kappa shape index (κ1) is 14.6. The number of aromatic nitrogens is 1. The Balaban J connectivity index is 0.000000257. The molecule has 3 aromatic rings. The van der Waals surface area contributed by atoms with Gasteiger partial charge in [0.1, 0.15) is 5.82 Å². The first-order chi connectivity index (χ1) is 9.33. The minimum absolute atomic E-state index is 0.192. The summed E-state index contributed by atoms with van der Waals surface area (Å²) in [5, 5.41) is 1.97. The van der Waals surface area contributed by atoms with Crippen molar-refractivity contribution in [1.82, 2.24) is 0 Å². The highest BCUT2D eigenvalue weighted by atomic mass is 35.7. The Bertz CT molecular complexity index is 739. The lowest BCUT2D eigenvalue weighted by molar-refractivity contribution is -2.00. The van der Waals surface area contributed by atoms with Crippen molar-refractivity contribution in [3.05, 3.63) is 60.7 Å². The second-order valence-electron chi connectivity index (χ2n) is 3.96. The van der Waals surface area contributed by atoms with Crippen LogP contribution in [0.15, 0.2) is 54.9 Å². The van der Waals surface area contributed by atoms with Crippen molar-refractivity contribution >= 4 is 16.3 Å². The van der Waals surface area contributed by atoms with Gasteiger partial charge in [-0.1, -0.05) is 0 Å². The number of fused-ring (bicyclic) bond motifs is 2. The van der Waals surface area contributed by atoms with E-state index in [1.165, 1.54) is 6.07 Å². The average molecular weight is 298 g/mol. The lowest BCUT2D eigenvalue weighted by Gasteiger charge is -2.17. The van der Waals surface area contributed by atoms with E-state index in [0.717, 1.165) is 16.3 Å². The molecule has 5 nitrogen and oxygen atoms in total. The van der Waals surface area contributed by atoms with Crippen molar-refractivity contribution < 1.29 is 37.7 Å². The molecule has 1 aromatic carbocycles. The molecule has 0 atom stereocenters. The summed E-state index contributed by atoms with van der Waals surface area (Å²) in [7, 11) is -4.94. The first-order valence-electron chi connectivity index (χ1n) is 5.44. The second-order valence-corrected chi connectivity index (χ2v) is 4.71. The van der Waals surface area contributed by atoms with Crippen LogP contribution < -0.4 is 23.0 Å². The third-order valence-corrected chi connectivity index (χ3v) is 2.55. The van der Waals surface area contributed by atoms with Crippen molar-refractivity contribution in [3.8, 4) is 0 Å². The third kappa shape index (κ3) is 4.09. The molecule has 2 heterocycles. The minimum atomic E-state index is -4.94. The second kappa shape index (κ2) is 5.66. The predicted molar refractivity (Wildman–Crippen MR) is 57.1 cm³/mol. The number of nitrogens with zero attached hydrogens (tertiary/aromatic N) is 1. The van der Waals surface area contributed by atoms with Crippen LogP contribution in [0.2, 0.25) is 0 Å². The maximum absolute atomic E-state index is 13.0. The van der Waals surface area contributed by atoms with E-state index in [1.54, 1.807) is 12.1 Å². The highest BCUT2D eigenvalue weighted by molar-refractivity contribution is 5.83. The average Bonchev–Trinajstić information content (AvgIpc) is 2.34. The zero-order valence-corrected chi connectivity index (χ0v) is 10.8. The lowest BCUT2D eigenvalue weighted by atomic mass is 10.1. The summed E-state index contributed by atoms with van der Waals surface area (Å²) in [6.45, 7) is 0. The molecule has 7 heteroatoms. The lowest BCUT2D eigenvalue weighted by Crippen LogP contribution is -2.68. The van der Waals surface area contributed by atoms with Gasteiger partial charge in [0.05, 0.1) is 0 Å². The summed E-state index contributed by atoms with van der Waals surface area (Å²) in [4.78, 5) is 0. The zero-order chi connectivity index (χ0) is 14.8.